The maximum Gasteiger partial charge on any atom is 0.271 e. The van der Waals surface area contributed by atoms with Crippen LogP contribution < -0.4 is 4.72 Å². The van der Waals surface area contributed by atoms with E-state index in [0.717, 1.165) is 16.9 Å². The molecular formula is C26H23N3O4S2. The van der Waals surface area contributed by atoms with Crippen molar-refractivity contribution in [2.75, 3.05) is 26.2 Å². The van der Waals surface area contributed by atoms with Gasteiger partial charge in [0, 0.05) is 37.3 Å². The number of sulfonamides is 1. The van der Waals surface area contributed by atoms with Crippen molar-refractivity contribution >= 4 is 39.0 Å². The molecule has 1 aromatic heterocycles. The number of allylic oxidation sites excluding steroid dienone is 2. The van der Waals surface area contributed by atoms with E-state index in [-0.39, 0.29) is 32.5 Å². The molecule has 1 fully saturated rings. The van der Waals surface area contributed by atoms with Gasteiger partial charge in [-0.1, -0.05) is 60.7 Å². The van der Waals surface area contributed by atoms with Gasteiger partial charge in [-0.3, -0.25) is 14.3 Å². The number of nitrogens with zero attached hydrogens (tertiary/aromatic N) is 2. The van der Waals surface area contributed by atoms with Crippen molar-refractivity contribution in [3.63, 3.8) is 0 Å². The zero-order chi connectivity index (χ0) is 24.4. The molecule has 0 unspecified atom stereocenters. The fourth-order valence-corrected chi connectivity index (χ4v) is 6.27. The van der Waals surface area contributed by atoms with Gasteiger partial charge in [0.2, 0.25) is 11.6 Å². The second-order valence-corrected chi connectivity index (χ2v) is 11.1. The SMILES string of the molecule is O=C1C(NS(=O)(=O)c2cccs2)=C(N2CCN(C=Cc3ccccc3)CC2)C(=O)c2ccccc21. The summed E-state index contributed by atoms with van der Waals surface area (Å²) in [5, 5.41) is 1.65. The summed E-state index contributed by atoms with van der Waals surface area (Å²) < 4.78 is 28.5. The van der Waals surface area contributed by atoms with Crippen molar-refractivity contribution < 1.29 is 18.0 Å². The average molecular weight is 506 g/mol. The van der Waals surface area contributed by atoms with Gasteiger partial charge >= 0.3 is 0 Å². The molecular weight excluding hydrogens is 482 g/mol. The quantitative estimate of drug-likeness (QED) is 0.551. The number of rotatable bonds is 6. The molecule has 1 saturated heterocycles. The van der Waals surface area contributed by atoms with Crippen LogP contribution in [-0.2, 0) is 10.0 Å². The van der Waals surface area contributed by atoms with Crippen molar-refractivity contribution in [1.29, 1.82) is 0 Å². The number of ketones is 2. The first-order chi connectivity index (χ1) is 16.9. The molecule has 2 aromatic carbocycles. The van der Waals surface area contributed by atoms with Gasteiger partial charge in [0.1, 0.15) is 15.6 Å². The minimum Gasteiger partial charge on any atom is -0.374 e. The Balaban J connectivity index is 1.44. The van der Waals surface area contributed by atoms with E-state index >= 15 is 0 Å². The lowest BCUT2D eigenvalue weighted by atomic mass is 9.90. The molecule has 1 aliphatic heterocycles. The predicted molar refractivity (Wildman–Crippen MR) is 135 cm³/mol. The van der Waals surface area contributed by atoms with Gasteiger partial charge in [0.15, 0.2) is 0 Å². The van der Waals surface area contributed by atoms with E-state index in [2.05, 4.69) is 9.62 Å². The predicted octanol–water partition coefficient (Wildman–Crippen LogP) is 3.61. The molecule has 5 rings (SSSR count). The normalized spacial score (nSPS) is 16.7. The largest absolute Gasteiger partial charge is 0.374 e. The van der Waals surface area contributed by atoms with Crippen molar-refractivity contribution in [2.45, 2.75) is 4.21 Å². The average Bonchev–Trinajstić information content (AvgIpc) is 3.44. The molecule has 0 bridgehead atoms. The van der Waals surface area contributed by atoms with Crippen LogP contribution in [0, 0.1) is 0 Å². The summed E-state index contributed by atoms with van der Waals surface area (Å²) in [6, 6.07) is 19.6. The Kier molecular flexibility index (Phi) is 6.27. The van der Waals surface area contributed by atoms with Crippen molar-refractivity contribution in [3.05, 3.63) is 106 Å². The van der Waals surface area contributed by atoms with E-state index in [9.17, 15) is 18.0 Å². The highest BCUT2D eigenvalue weighted by molar-refractivity contribution is 7.91. The first kappa shape index (κ1) is 23.1. The summed E-state index contributed by atoms with van der Waals surface area (Å²) >= 11 is 1.05. The van der Waals surface area contributed by atoms with E-state index < -0.39 is 15.8 Å². The molecule has 9 heteroatoms. The summed E-state index contributed by atoms with van der Waals surface area (Å²) in [5.41, 5.74) is 1.51. The Morgan fingerprint density at radius 3 is 2.11 bits per heavy atom. The van der Waals surface area contributed by atoms with Crippen LogP contribution in [0.4, 0.5) is 0 Å². The summed E-state index contributed by atoms with van der Waals surface area (Å²) in [6.07, 6.45) is 4.05. The van der Waals surface area contributed by atoms with Gasteiger partial charge in [-0.2, -0.15) is 0 Å². The molecule has 0 spiro atoms. The molecule has 0 saturated carbocycles. The Labute approximate surface area is 208 Å². The second-order valence-electron chi connectivity index (χ2n) is 8.21. The smallest absolute Gasteiger partial charge is 0.271 e. The second kappa shape index (κ2) is 9.52. The highest BCUT2D eigenvalue weighted by atomic mass is 32.2. The summed E-state index contributed by atoms with van der Waals surface area (Å²) in [7, 11) is -4.01. The Hall–Kier alpha value is -3.69. The first-order valence-corrected chi connectivity index (χ1v) is 13.5. The van der Waals surface area contributed by atoms with E-state index in [1.54, 1.807) is 35.7 Å². The summed E-state index contributed by atoms with van der Waals surface area (Å²) in [6.45, 7) is 2.20. The number of carbonyl (C=O) groups is 2. The highest BCUT2D eigenvalue weighted by Gasteiger charge is 2.38. The lowest BCUT2D eigenvalue weighted by Gasteiger charge is -2.38. The van der Waals surface area contributed by atoms with Gasteiger partial charge in [0.25, 0.3) is 10.0 Å². The molecule has 2 aliphatic rings. The van der Waals surface area contributed by atoms with Gasteiger partial charge < -0.3 is 9.80 Å². The van der Waals surface area contributed by atoms with E-state index in [1.807, 2.05) is 47.5 Å². The van der Waals surface area contributed by atoms with E-state index in [1.165, 1.54) is 6.07 Å². The third kappa shape index (κ3) is 4.65. The number of Topliss-reactive ketones (excluding diaryl/α,β-unsaturated/α-hetero) is 2. The number of hydrogen-bond acceptors (Lipinski definition) is 7. The van der Waals surface area contributed by atoms with Gasteiger partial charge in [0.05, 0.1) is 0 Å². The zero-order valence-corrected chi connectivity index (χ0v) is 20.4. The minimum absolute atomic E-state index is 0.0827. The van der Waals surface area contributed by atoms with Gasteiger partial charge in [-0.25, -0.2) is 8.42 Å². The van der Waals surface area contributed by atoms with Crippen LogP contribution in [0.1, 0.15) is 26.3 Å². The van der Waals surface area contributed by atoms with Crippen LogP contribution in [0.25, 0.3) is 6.08 Å². The number of carbonyl (C=O) groups excluding carboxylic acids is 2. The fourth-order valence-electron chi connectivity index (χ4n) is 4.21. The topological polar surface area (TPSA) is 86.8 Å². The van der Waals surface area contributed by atoms with Crippen LogP contribution in [0.15, 0.2) is 93.9 Å². The van der Waals surface area contributed by atoms with Gasteiger partial charge in [-0.05, 0) is 29.3 Å². The molecule has 0 amide bonds. The lowest BCUT2D eigenvalue weighted by molar-refractivity contribution is 0.0918. The molecule has 1 N–H and O–H groups in total. The molecule has 0 radical (unpaired) electrons. The minimum atomic E-state index is -4.01. The number of fused-ring (bicyclic) bond motifs is 1. The number of benzene rings is 2. The highest BCUT2D eigenvalue weighted by Crippen LogP contribution is 2.29. The van der Waals surface area contributed by atoms with Crippen LogP contribution in [0.5, 0.6) is 0 Å². The number of nitrogens with one attached hydrogen (secondary N) is 1. The number of piperazine rings is 1. The maximum atomic E-state index is 13.5. The standard InChI is InChI=1S/C26H23N3O4S2/c30-25-20-9-4-5-10-21(20)26(31)24(23(25)27-35(32,33)22-11-6-18-34-22)29-16-14-28(15-17-29)13-12-19-7-2-1-3-8-19/h1-13,18,27H,14-17H2. The molecule has 7 nitrogen and oxygen atoms in total. The third-order valence-electron chi connectivity index (χ3n) is 6.00. The monoisotopic (exact) mass is 505 g/mol. The number of hydrogen-bond donors (Lipinski definition) is 1. The molecule has 0 atom stereocenters. The van der Waals surface area contributed by atoms with Crippen LogP contribution in [0.3, 0.4) is 0 Å². The van der Waals surface area contributed by atoms with Crippen molar-refractivity contribution in [3.8, 4) is 0 Å². The Bertz CT molecular complexity index is 1420. The van der Waals surface area contributed by atoms with Crippen LogP contribution >= 0.6 is 11.3 Å². The van der Waals surface area contributed by atoms with E-state index in [0.29, 0.717) is 26.2 Å². The van der Waals surface area contributed by atoms with Crippen LogP contribution in [0.2, 0.25) is 0 Å². The zero-order valence-electron chi connectivity index (χ0n) is 18.8. The molecule has 2 heterocycles. The molecule has 3 aromatic rings. The third-order valence-corrected chi connectivity index (χ3v) is 8.75. The van der Waals surface area contributed by atoms with Gasteiger partial charge in [-0.15, -0.1) is 11.3 Å². The van der Waals surface area contributed by atoms with E-state index in [4.69, 9.17) is 0 Å². The fraction of sp³-hybridized carbons (Fsp3) is 0.154. The summed E-state index contributed by atoms with van der Waals surface area (Å²) in [4.78, 5) is 30.9. The molecule has 178 valence electrons. The van der Waals surface area contributed by atoms with Crippen molar-refractivity contribution in [1.82, 2.24) is 14.5 Å². The number of thiophene rings is 1. The molecule has 35 heavy (non-hydrogen) atoms. The van der Waals surface area contributed by atoms with Crippen molar-refractivity contribution in [2.24, 2.45) is 0 Å². The Morgan fingerprint density at radius 1 is 0.800 bits per heavy atom. The lowest BCUT2D eigenvalue weighted by Crippen LogP contribution is -2.48. The first-order valence-electron chi connectivity index (χ1n) is 11.2. The maximum absolute atomic E-state index is 13.5. The Morgan fingerprint density at radius 2 is 1.46 bits per heavy atom. The van der Waals surface area contributed by atoms with Crippen LogP contribution in [-0.4, -0.2) is 56.0 Å². The molecule has 1 aliphatic carbocycles. The summed E-state index contributed by atoms with van der Waals surface area (Å²) in [5.74, 6) is -0.848.